The van der Waals surface area contributed by atoms with Crippen molar-refractivity contribution < 1.29 is 0 Å². The fourth-order valence-electron chi connectivity index (χ4n) is 5.65. The number of hydrogen-bond donors (Lipinski definition) is 0. The summed E-state index contributed by atoms with van der Waals surface area (Å²) in [5.41, 5.74) is 0.946. The Labute approximate surface area is 180 Å². The Kier molecular flexibility index (Phi) is 13.0. The molecule has 2 saturated carbocycles. The first kappa shape index (κ1) is 29.7. The second kappa shape index (κ2) is 12.2. The summed E-state index contributed by atoms with van der Waals surface area (Å²) in [6, 6.07) is 0. The van der Waals surface area contributed by atoms with Gasteiger partial charge in [-0.2, -0.15) is 0 Å². The van der Waals surface area contributed by atoms with Crippen LogP contribution in [-0.4, -0.2) is 0 Å². The predicted octanol–water partition coefficient (Wildman–Crippen LogP) is 9.81. The van der Waals surface area contributed by atoms with E-state index in [1.54, 1.807) is 0 Å². The average Bonchev–Trinajstić information content (AvgIpc) is 3.18. The maximum Gasteiger partial charge on any atom is -0.0197 e. The van der Waals surface area contributed by atoms with Crippen LogP contribution in [0.3, 0.4) is 0 Å². The van der Waals surface area contributed by atoms with E-state index in [4.69, 9.17) is 0 Å². The van der Waals surface area contributed by atoms with Gasteiger partial charge in [-0.05, 0) is 72.0 Å². The normalized spacial score (nSPS) is 32.4. The van der Waals surface area contributed by atoms with Crippen LogP contribution in [0.15, 0.2) is 25.3 Å². The Hall–Kier alpha value is -0.520. The molecule has 168 valence electrons. The molecule has 0 aliphatic heterocycles. The molecule has 0 radical (unpaired) electrons. The van der Waals surface area contributed by atoms with Gasteiger partial charge in [0.05, 0.1) is 0 Å². The van der Waals surface area contributed by atoms with Crippen LogP contribution in [0.4, 0.5) is 0 Å². The van der Waals surface area contributed by atoms with E-state index in [1.165, 1.54) is 38.5 Å². The molecule has 0 heterocycles. The van der Waals surface area contributed by atoms with Gasteiger partial charge >= 0.3 is 0 Å². The molecular weight excluding hydrogens is 336 g/mol. The van der Waals surface area contributed by atoms with Crippen molar-refractivity contribution in [2.24, 2.45) is 46.3 Å². The molecule has 0 nitrogen and oxygen atoms in total. The molecule has 0 amide bonds. The Morgan fingerprint density at radius 1 is 0.714 bits per heavy atom. The van der Waals surface area contributed by atoms with E-state index < -0.39 is 0 Å². The van der Waals surface area contributed by atoms with Gasteiger partial charge in [0.25, 0.3) is 0 Å². The van der Waals surface area contributed by atoms with Crippen molar-refractivity contribution in [1.29, 1.82) is 0 Å². The van der Waals surface area contributed by atoms with Crippen molar-refractivity contribution in [3.8, 4) is 0 Å². The fraction of sp³-hybridized carbons (Fsp3) is 0.857. The molecule has 0 bridgehead atoms. The summed E-state index contributed by atoms with van der Waals surface area (Å²) in [5.74, 6) is 5.20. The molecule has 0 aromatic carbocycles. The topological polar surface area (TPSA) is 0 Å². The quantitative estimate of drug-likeness (QED) is 0.417. The summed E-state index contributed by atoms with van der Waals surface area (Å²) in [5, 5.41) is 0. The minimum absolute atomic E-state index is 0. The van der Waals surface area contributed by atoms with E-state index in [2.05, 4.69) is 80.7 Å². The van der Waals surface area contributed by atoms with Gasteiger partial charge in [0, 0.05) is 0 Å². The van der Waals surface area contributed by atoms with E-state index in [-0.39, 0.29) is 14.9 Å². The van der Waals surface area contributed by atoms with Gasteiger partial charge in [-0.3, -0.25) is 0 Å². The van der Waals surface area contributed by atoms with Gasteiger partial charge in [-0.1, -0.05) is 95.2 Å². The van der Waals surface area contributed by atoms with Crippen LogP contribution in [0.1, 0.15) is 109 Å². The lowest BCUT2D eigenvalue weighted by Gasteiger charge is -2.31. The molecule has 6 atom stereocenters. The van der Waals surface area contributed by atoms with Crippen LogP contribution < -0.4 is 0 Å². The number of hydrogen-bond acceptors (Lipinski definition) is 0. The third-order valence-corrected chi connectivity index (χ3v) is 7.40. The molecule has 2 fully saturated rings. The summed E-state index contributed by atoms with van der Waals surface area (Å²) in [7, 11) is 0. The van der Waals surface area contributed by atoms with Gasteiger partial charge in [0.1, 0.15) is 0 Å². The van der Waals surface area contributed by atoms with Gasteiger partial charge in [0.2, 0.25) is 0 Å². The highest BCUT2D eigenvalue weighted by Crippen LogP contribution is 2.48. The van der Waals surface area contributed by atoms with Crippen LogP contribution in [0.2, 0.25) is 0 Å². The van der Waals surface area contributed by atoms with E-state index in [1.807, 2.05) is 0 Å². The van der Waals surface area contributed by atoms with E-state index in [0.717, 1.165) is 23.7 Å². The zero-order valence-corrected chi connectivity index (χ0v) is 19.3. The Morgan fingerprint density at radius 2 is 1.25 bits per heavy atom. The lowest BCUT2D eigenvalue weighted by atomic mass is 9.74. The van der Waals surface area contributed by atoms with Crippen molar-refractivity contribution in [1.82, 2.24) is 0 Å². The highest BCUT2D eigenvalue weighted by atomic mass is 14.4. The second-order valence-corrected chi connectivity index (χ2v) is 11.2. The summed E-state index contributed by atoms with van der Waals surface area (Å²) < 4.78 is 0. The predicted molar refractivity (Wildman–Crippen MR) is 133 cm³/mol. The van der Waals surface area contributed by atoms with Crippen LogP contribution in [0.5, 0.6) is 0 Å². The standard InChI is InChI=1S/C13H26.C13H22.2CH4/c2*1-6-10-8-11(7-2)12(9-10)13(3,4)5;;/h10-12H,6-9H2,1-5H3;6-7,10-12H,1-2,8-9H2,3-5H3;2*1H4. The summed E-state index contributed by atoms with van der Waals surface area (Å²) >= 11 is 0. The molecule has 28 heavy (non-hydrogen) atoms. The van der Waals surface area contributed by atoms with E-state index >= 15 is 0 Å². The molecule has 0 heteroatoms. The Morgan fingerprint density at radius 3 is 1.54 bits per heavy atom. The Bertz CT molecular complexity index is 430. The molecule has 2 aliphatic carbocycles. The van der Waals surface area contributed by atoms with Crippen molar-refractivity contribution in [2.45, 2.75) is 109 Å². The largest absolute Gasteiger partial charge is 0.103 e. The summed E-state index contributed by atoms with van der Waals surface area (Å²) in [6.07, 6.45) is 12.6. The highest BCUT2D eigenvalue weighted by molar-refractivity contribution is 5.01. The first-order chi connectivity index (χ1) is 12.0. The monoisotopic (exact) mass is 392 g/mol. The lowest BCUT2D eigenvalue weighted by Crippen LogP contribution is -2.23. The minimum atomic E-state index is 0. The SMILES string of the molecule is C.C.C=CC1CC(C=C)C(C(C)(C)C)C1.CCC1CC(CC)C(C(C)(C)C)C1. The van der Waals surface area contributed by atoms with Crippen molar-refractivity contribution >= 4 is 0 Å². The molecular formula is C28H56. The Balaban J connectivity index is 0. The van der Waals surface area contributed by atoms with E-state index in [0.29, 0.717) is 22.7 Å². The minimum Gasteiger partial charge on any atom is -0.103 e. The molecule has 6 unspecified atom stereocenters. The van der Waals surface area contributed by atoms with Crippen molar-refractivity contribution in [3.05, 3.63) is 25.3 Å². The van der Waals surface area contributed by atoms with Crippen molar-refractivity contribution in [2.75, 3.05) is 0 Å². The third kappa shape index (κ3) is 8.08. The molecule has 0 saturated heterocycles. The fourth-order valence-corrected chi connectivity index (χ4v) is 5.65. The number of rotatable bonds is 4. The summed E-state index contributed by atoms with van der Waals surface area (Å²) in [6.45, 7) is 26.8. The maximum atomic E-state index is 3.94. The van der Waals surface area contributed by atoms with Gasteiger partial charge in [0.15, 0.2) is 0 Å². The second-order valence-electron chi connectivity index (χ2n) is 11.2. The first-order valence-electron chi connectivity index (χ1n) is 11.2. The maximum absolute atomic E-state index is 3.94. The van der Waals surface area contributed by atoms with Crippen molar-refractivity contribution in [3.63, 3.8) is 0 Å². The zero-order chi connectivity index (χ0) is 20.1. The molecule has 0 spiro atoms. The van der Waals surface area contributed by atoms with Crippen LogP contribution in [0, 0.1) is 46.3 Å². The molecule has 0 N–H and O–H groups in total. The molecule has 0 aromatic heterocycles. The summed E-state index contributed by atoms with van der Waals surface area (Å²) in [4.78, 5) is 0. The van der Waals surface area contributed by atoms with Crippen LogP contribution in [-0.2, 0) is 0 Å². The highest BCUT2D eigenvalue weighted by Gasteiger charge is 2.39. The van der Waals surface area contributed by atoms with Crippen LogP contribution in [0.25, 0.3) is 0 Å². The molecule has 2 rings (SSSR count). The lowest BCUT2D eigenvalue weighted by molar-refractivity contribution is 0.180. The van der Waals surface area contributed by atoms with Gasteiger partial charge in [-0.25, -0.2) is 0 Å². The van der Waals surface area contributed by atoms with Gasteiger partial charge < -0.3 is 0 Å². The smallest absolute Gasteiger partial charge is 0.0197 e. The van der Waals surface area contributed by atoms with E-state index in [9.17, 15) is 0 Å². The zero-order valence-electron chi connectivity index (χ0n) is 19.3. The number of allylic oxidation sites excluding steroid dienone is 2. The van der Waals surface area contributed by atoms with Gasteiger partial charge in [-0.15, -0.1) is 13.2 Å². The molecule has 2 aliphatic rings. The van der Waals surface area contributed by atoms with Crippen LogP contribution >= 0.6 is 0 Å². The average molecular weight is 393 g/mol. The molecule has 0 aromatic rings. The first-order valence-corrected chi connectivity index (χ1v) is 11.2. The third-order valence-electron chi connectivity index (χ3n) is 7.40.